The van der Waals surface area contributed by atoms with Crippen molar-refractivity contribution in [3.05, 3.63) is 54.1 Å². The topological polar surface area (TPSA) is 79.0 Å². The number of methoxy groups -OCH3 is 1. The molecule has 0 spiro atoms. The van der Waals surface area contributed by atoms with Crippen LogP contribution in [0.25, 0.3) is 0 Å². The molecule has 0 radical (unpaired) electrons. The van der Waals surface area contributed by atoms with Crippen molar-refractivity contribution in [2.24, 2.45) is 0 Å². The average Bonchev–Trinajstić information content (AvgIpc) is 2.70. The van der Waals surface area contributed by atoms with Crippen LogP contribution in [-0.4, -0.2) is 53.9 Å². The zero-order chi connectivity index (χ0) is 22.3. The molecule has 7 nitrogen and oxygen atoms in total. The van der Waals surface area contributed by atoms with Gasteiger partial charge in [-0.25, -0.2) is 8.42 Å². The van der Waals surface area contributed by atoms with Gasteiger partial charge in [0.05, 0.1) is 19.1 Å². The fraction of sp³-hybridized carbons (Fsp3) is 0.409. The van der Waals surface area contributed by atoms with Crippen molar-refractivity contribution < 1.29 is 17.9 Å². The Kier molecular flexibility index (Phi) is 8.11. The first-order valence-electron chi connectivity index (χ1n) is 9.83. The molecule has 0 heterocycles. The van der Waals surface area contributed by atoms with Crippen LogP contribution in [0.2, 0.25) is 0 Å². The minimum atomic E-state index is -3.71. The van der Waals surface area contributed by atoms with E-state index in [1.54, 1.807) is 19.1 Å². The van der Waals surface area contributed by atoms with Gasteiger partial charge in [0.2, 0.25) is 15.9 Å². The predicted molar refractivity (Wildman–Crippen MR) is 122 cm³/mol. The molecule has 0 aliphatic heterocycles. The molecule has 164 valence electrons. The lowest BCUT2D eigenvalue weighted by molar-refractivity contribution is -0.121. The summed E-state index contributed by atoms with van der Waals surface area (Å²) < 4.78 is 31.5. The van der Waals surface area contributed by atoms with Crippen LogP contribution in [-0.2, 0) is 14.8 Å². The lowest BCUT2D eigenvalue weighted by Crippen LogP contribution is -2.48. The van der Waals surface area contributed by atoms with Gasteiger partial charge in [-0.15, -0.1) is 0 Å². The number of nitrogens with zero attached hydrogens (tertiary/aromatic N) is 2. The summed E-state index contributed by atoms with van der Waals surface area (Å²) in [4.78, 5) is 14.8. The maximum Gasteiger partial charge on any atom is 0.243 e. The Morgan fingerprint density at radius 3 is 2.43 bits per heavy atom. The fourth-order valence-corrected chi connectivity index (χ4v) is 4.41. The predicted octanol–water partition coefficient (Wildman–Crippen LogP) is 2.80. The molecule has 0 fully saturated rings. The van der Waals surface area contributed by atoms with Crippen LogP contribution in [0.15, 0.2) is 48.5 Å². The SMILES string of the molecule is COc1ccc(C)cc1N(C(C)C(=O)NCCCN(C)c1ccccc1)S(C)(=O)=O. The molecule has 0 saturated heterocycles. The normalized spacial score (nSPS) is 12.2. The van der Waals surface area contributed by atoms with Crippen molar-refractivity contribution in [2.75, 3.05) is 42.7 Å². The summed E-state index contributed by atoms with van der Waals surface area (Å²) in [6.45, 7) is 4.65. The first kappa shape index (κ1) is 23.5. The van der Waals surface area contributed by atoms with E-state index in [4.69, 9.17) is 4.74 Å². The third-order valence-electron chi connectivity index (χ3n) is 4.83. The molecule has 8 heteroatoms. The highest BCUT2D eigenvalue weighted by Gasteiger charge is 2.31. The van der Waals surface area contributed by atoms with Crippen molar-refractivity contribution in [3.63, 3.8) is 0 Å². The first-order valence-corrected chi connectivity index (χ1v) is 11.7. The van der Waals surface area contributed by atoms with Gasteiger partial charge in [0.25, 0.3) is 0 Å². The zero-order valence-electron chi connectivity index (χ0n) is 18.3. The van der Waals surface area contributed by atoms with Crippen LogP contribution >= 0.6 is 0 Å². The van der Waals surface area contributed by atoms with Crippen molar-refractivity contribution in [3.8, 4) is 5.75 Å². The molecule has 0 saturated carbocycles. The van der Waals surface area contributed by atoms with E-state index < -0.39 is 16.1 Å². The number of para-hydroxylation sites is 1. The van der Waals surface area contributed by atoms with Gasteiger partial charge in [0, 0.05) is 25.8 Å². The highest BCUT2D eigenvalue weighted by molar-refractivity contribution is 7.92. The van der Waals surface area contributed by atoms with Crippen LogP contribution in [0.1, 0.15) is 18.9 Å². The van der Waals surface area contributed by atoms with E-state index in [2.05, 4.69) is 10.2 Å². The van der Waals surface area contributed by atoms with Crippen LogP contribution in [0, 0.1) is 6.92 Å². The Balaban J connectivity index is 2.04. The van der Waals surface area contributed by atoms with Crippen LogP contribution < -0.4 is 19.3 Å². The van der Waals surface area contributed by atoms with E-state index in [0.717, 1.165) is 34.8 Å². The third-order valence-corrected chi connectivity index (χ3v) is 6.05. The standard InChI is InChI=1S/C22H31N3O4S/c1-17-12-13-21(29-4)20(16-17)25(30(5,27)28)18(2)22(26)23-14-9-15-24(3)19-10-7-6-8-11-19/h6-8,10-13,16,18H,9,14-15H2,1-5H3,(H,23,26). The molecule has 1 amide bonds. The summed E-state index contributed by atoms with van der Waals surface area (Å²) in [5.41, 5.74) is 2.33. The lowest BCUT2D eigenvalue weighted by Gasteiger charge is -2.29. The zero-order valence-corrected chi connectivity index (χ0v) is 19.1. The quantitative estimate of drug-likeness (QED) is 0.583. The molecule has 0 aliphatic rings. The van der Waals surface area contributed by atoms with Gasteiger partial charge in [0.1, 0.15) is 11.8 Å². The van der Waals surface area contributed by atoms with Crippen molar-refractivity contribution in [1.82, 2.24) is 5.32 Å². The number of hydrogen-bond donors (Lipinski definition) is 1. The second-order valence-corrected chi connectivity index (χ2v) is 9.17. The average molecular weight is 434 g/mol. The number of aryl methyl sites for hydroxylation is 1. The molecule has 0 bridgehead atoms. The highest BCUT2D eigenvalue weighted by atomic mass is 32.2. The van der Waals surface area contributed by atoms with E-state index in [1.165, 1.54) is 7.11 Å². The second-order valence-electron chi connectivity index (χ2n) is 7.31. The Labute approximate surface area is 179 Å². The third kappa shape index (κ3) is 6.13. The van der Waals surface area contributed by atoms with Crippen LogP contribution in [0.4, 0.5) is 11.4 Å². The van der Waals surface area contributed by atoms with Gasteiger partial charge in [-0.1, -0.05) is 24.3 Å². The molecule has 1 atom stereocenters. The van der Waals surface area contributed by atoms with Crippen molar-refractivity contribution in [2.45, 2.75) is 26.3 Å². The number of ether oxygens (including phenoxy) is 1. The molecule has 0 aliphatic carbocycles. The smallest absolute Gasteiger partial charge is 0.243 e. The van der Waals surface area contributed by atoms with Gasteiger partial charge in [-0.2, -0.15) is 0 Å². The number of amides is 1. The number of benzene rings is 2. The number of nitrogens with one attached hydrogen (secondary N) is 1. The molecule has 1 N–H and O–H groups in total. The molecule has 2 rings (SSSR count). The Morgan fingerprint density at radius 1 is 1.17 bits per heavy atom. The minimum absolute atomic E-state index is 0.353. The Hall–Kier alpha value is -2.74. The number of carbonyl (C=O) groups excluding carboxylic acids is 1. The summed E-state index contributed by atoms with van der Waals surface area (Å²) in [5.74, 6) is 0.0431. The Bertz CT molecular complexity index is 948. The summed E-state index contributed by atoms with van der Waals surface area (Å²) in [5, 5.41) is 2.85. The van der Waals surface area contributed by atoms with E-state index in [-0.39, 0.29) is 5.91 Å². The van der Waals surface area contributed by atoms with Gasteiger partial charge < -0.3 is 15.0 Å². The number of carbonyl (C=O) groups is 1. The summed E-state index contributed by atoms with van der Waals surface area (Å²) in [6, 6.07) is 14.3. The van der Waals surface area contributed by atoms with E-state index in [0.29, 0.717) is 18.0 Å². The summed E-state index contributed by atoms with van der Waals surface area (Å²) in [7, 11) is -0.237. The maximum atomic E-state index is 12.7. The first-order chi connectivity index (χ1) is 14.1. The molecule has 2 aromatic rings. The van der Waals surface area contributed by atoms with Crippen molar-refractivity contribution >= 4 is 27.3 Å². The largest absolute Gasteiger partial charge is 0.495 e. The molecular formula is C22H31N3O4S. The summed E-state index contributed by atoms with van der Waals surface area (Å²) >= 11 is 0. The molecule has 2 aromatic carbocycles. The maximum absolute atomic E-state index is 12.7. The molecule has 0 aromatic heterocycles. The molecule has 1 unspecified atom stereocenters. The fourth-order valence-electron chi connectivity index (χ4n) is 3.24. The minimum Gasteiger partial charge on any atom is -0.495 e. The number of sulfonamides is 1. The van der Waals surface area contributed by atoms with Crippen molar-refractivity contribution in [1.29, 1.82) is 0 Å². The van der Waals surface area contributed by atoms with E-state index in [9.17, 15) is 13.2 Å². The second kappa shape index (κ2) is 10.3. The van der Waals surface area contributed by atoms with Crippen LogP contribution in [0.3, 0.4) is 0 Å². The van der Waals surface area contributed by atoms with Gasteiger partial charge in [-0.05, 0) is 50.1 Å². The Morgan fingerprint density at radius 2 is 1.83 bits per heavy atom. The monoisotopic (exact) mass is 433 g/mol. The van der Waals surface area contributed by atoms with E-state index >= 15 is 0 Å². The lowest BCUT2D eigenvalue weighted by atomic mass is 10.2. The van der Waals surface area contributed by atoms with Crippen LogP contribution in [0.5, 0.6) is 5.75 Å². The highest BCUT2D eigenvalue weighted by Crippen LogP contribution is 2.32. The summed E-state index contributed by atoms with van der Waals surface area (Å²) in [6.07, 6.45) is 1.82. The number of rotatable bonds is 10. The molecule has 30 heavy (non-hydrogen) atoms. The van der Waals surface area contributed by atoms with E-state index in [1.807, 2.05) is 50.4 Å². The van der Waals surface area contributed by atoms with Gasteiger partial charge >= 0.3 is 0 Å². The number of anilines is 2. The van der Waals surface area contributed by atoms with Gasteiger partial charge in [-0.3, -0.25) is 9.10 Å². The number of hydrogen-bond acceptors (Lipinski definition) is 5. The van der Waals surface area contributed by atoms with Gasteiger partial charge in [0.15, 0.2) is 0 Å². The molecular weight excluding hydrogens is 402 g/mol.